The Kier molecular flexibility index (Phi) is 11.5. The van der Waals surface area contributed by atoms with Crippen LogP contribution < -0.4 is 25.0 Å². The third-order valence-electron chi connectivity index (χ3n) is 6.56. The zero-order valence-corrected chi connectivity index (χ0v) is 28.7. The van der Waals surface area contributed by atoms with Gasteiger partial charge in [0, 0.05) is 5.69 Å². The number of hydrogen-bond donors (Lipinski definition) is 4. The second-order valence-electron chi connectivity index (χ2n) is 13.1. The monoisotopic (exact) mass is 698 g/mol. The van der Waals surface area contributed by atoms with E-state index < -0.39 is 32.1 Å². The number of sulfonamides is 2. The van der Waals surface area contributed by atoms with Crippen LogP contribution in [0.25, 0.3) is 0 Å². The van der Waals surface area contributed by atoms with Crippen LogP contribution in [-0.4, -0.2) is 35.5 Å². The molecule has 0 spiro atoms. The van der Waals surface area contributed by atoms with Crippen molar-refractivity contribution in [1.29, 1.82) is 0 Å². The number of hydrazine groups is 1. The molecule has 0 atom stereocenters. The van der Waals surface area contributed by atoms with Gasteiger partial charge in [-0.3, -0.25) is 25.1 Å². The Labute approximate surface area is 274 Å². The van der Waals surface area contributed by atoms with Crippen LogP contribution in [0.4, 0.5) is 30.2 Å². The summed E-state index contributed by atoms with van der Waals surface area (Å²) in [6, 6.07) is 15.3. The summed E-state index contributed by atoms with van der Waals surface area (Å²) in [4.78, 5) is 10.6. The summed E-state index contributed by atoms with van der Waals surface area (Å²) in [6.07, 6.45) is -2.89. The van der Waals surface area contributed by atoms with Crippen molar-refractivity contribution in [2.24, 2.45) is 10.8 Å². The van der Waals surface area contributed by atoms with E-state index in [2.05, 4.69) is 49.5 Å². The summed E-state index contributed by atoms with van der Waals surface area (Å²) >= 11 is 0. The lowest BCUT2D eigenvalue weighted by Gasteiger charge is -2.32. The number of alkyl halides is 3. The maximum atomic E-state index is 13.7. The molecular formula is C32H41F3N4O6S2. The first-order chi connectivity index (χ1) is 21.6. The molecule has 10 nitrogen and oxygen atoms in total. The Hall–Kier alpha value is -3.98. The van der Waals surface area contributed by atoms with E-state index in [1.807, 2.05) is 13.0 Å². The first-order valence-corrected chi connectivity index (χ1v) is 17.7. The predicted molar refractivity (Wildman–Crippen MR) is 176 cm³/mol. The molecule has 4 N–H and O–H groups in total. The van der Waals surface area contributed by atoms with Crippen molar-refractivity contribution < 1.29 is 39.5 Å². The Morgan fingerprint density at radius 2 is 1.40 bits per heavy atom. The molecule has 0 saturated heterocycles. The molecule has 3 aromatic carbocycles. The van der Waals surface area contributed by atoms with Gasteiger partial charge in [-0.15, -0.1) is 0 Å². The fourth-order valence-corrected chi connectivity index (χ4v) is 7.58. The van der Waals surface area contributed by atoms with Crippen LogP contribution in [0.3, 0.4) is 0 Å². The quantitative estimate of drug-likeness (QED) is 0.132. The van der Waals surface area contributed by atoms with E-state index >= 15 is 0 Å². The molecule has 1 amide bonds. The highest BCUT2D eigenvalue weighted by atomic mass is 32.2. The molecule has 0 saturated carbocycles. The Morgan fingerprint density at radius 1 is 0.787 bits per heavy atom. The van der Waals surface area contributed by atoms with E-state index in [0.717, 1.165) is 18.1 Å². The van der Waals surface area contributed by atoms with Crippen LogP contribution in [0, 0.1) is 10.8 Å². The van der Waals surface area contributed by atoms with Crippen LogP contribution >= 0.6 is 0 Å². The first-order valence-electron chi connectivity index (χ1n) is 14.7. The molecule has 47 heavy (non-hydrogen) atoms. The van der Waals surface area contributed by atoms with E-state index in [0.29, 0.717) is 19.4 Å². The molecule has 3 rings (SSSR count). The Balaban J connectivity index is 1.82. The van der Waals surface area contributed by atoms with Crippen molar-refractivity contribution in [2.45, 2.75) is 76.8 Å². The largest absolute Gasteiger partial charge is 0.492 e. The van der Waals surface area contributed by atoms with E-state index in [4.69, 9.17) is 4.74 Å². The fourth-order valence-electron chi connectivity index (χ4n) is 5.23. The highest BCUT2D eigenvalue weighted by Crippen LogP contribution is 2.37. The lowest BCUT2D eigenvalue weighted by Crippen LogP contribution is -2.40. The maximum absolute atomic E-state index is 13.7. The number of nitrogens with one attached hydrogen (secondary N) is 4. The van der Waals surface area contributed by atoms with E-state index in [1.54, 1.807) is 12.1 Å². The number of anilines is 3. The van der Waals surface area contributed by atoms with Gasteiger partial charge in [-0.1, -0.05) is 53.7 Å². The molecule has 0 unspecified atom stereocenters. The van der Waals surface area contributed by atoms with E-state index in [-0.39, 0.29) is 43.4 Å². The van der Waals surface area contributed by atoms with E-state index in [9.17, 15) is 34.8 Å². The van der Waals surface area contributed by atoms with Crippen molar-refractivity contribution in [3.8, 4) is 5.75 Å². The number of carbonyl (C=O) groups is 1. The average molecular weight is 699 g/mol. The lowest BCUT2D eigenvalue weighted by atomic mass is 9.73. The first kappa shape index (κ1) is 37.5. The van der Waals surface area contributed by atoms with Gasteiger partial charge in [0.15, 0.2) is 0 Å². The Bertz CT molecular complexity index is 1770. The zero-order valence-electron chi connectivity index (χ0n) is 27.1. The normalized spacial score (nSPS) is 12.7. The van der Waals surface area contributed by atoms with Gasteiger partial charge in [0.1, 0.15) is 10.6 Å². The topological polar surface area (TPSA) is 143 Å². The number of carbonyl (C=O) groups excluding carboxylic acids is 1. The lowest BCUT2D eigenvalue weighted by molar-refractivity contribution is -0.173. The summed E-state index contributed by atoms with van der Waals surface area (Å²) in [6.45, 7) is 12.9. The number of halogens is 3. The molecule has 0 aliphatic carbocycles. The van der Waals surface area contributed by atoms with Gasteiger partial charge >= 0.3 is 12.1 Å². The summed E-state index contributed by atoms with van der Waals surface area (Å²) in [7, 11) is -8.46. The minimum atomic E-state index is -5.08. The van der Waals surface area contributed by atoms with Crippen molar-refractivity contribution in [3.63, 3.8) is 0 Å². The second-order valence-corrected chi connectivity index (χ2v) is 16.4. The van der Waals surface area contributed by atoms with E-state index in [1.165, 1.54) is 47.9 Å². The SMILES string of the molecule is CCCOc1ccc(CC(C)(C)CC(C)(C)C)cc1S(=O)(=O)Nc1cccc(S(=O)(=O)Nc2ccc(NNC(=O)C(F)(F)F)cc2)c1. The minimum absolute atomic E-state index is 0.00673. The van der Waals surface area contributed by atoms with Crippen LogP contribution in [0.5, 0.6) is 5.75 Å². The summed E-state index contributed by atoms with van der Waals surface area (Å²) in [5.41, 5.74) is 4.46. The molecule has 3 aromatic rings. The standard InChI is InChI=1S/C32H41F3N4O6S2/c1-7-17-45-27-16-11-22(20-31(5,6)21-30(2,3)4)18-28(27)47(43,44)39-25-9-8-10-26(19-25)46(41,42)38-24-14-12-23(13-15-24)36-37-29(40)32(33,34)35/h8-16,18-19,36,38-39H,7,17,20-21H2,1-6H3,(H,37,40). The van der Waals surface area contributed by atoms with Gasteiger partial charge in [-0.25, -0.2) is 16.8 Å². The van der Waals surface area contributed by atoms with Crippen molar-refractivity contribution in [2.75, 3.05) is 21.5 Å². The molecular weight excluding hydrogens is 658 g/mol. The van der Waals surface area contributed by atoms with Gasteiger partial charge in [-0.2, -0.15) is 13.2 Å². The molecule has 0 aliphatic rings. The minimum Gasteiger partial charge on any atom is -0.492 e. The van der Waals surface area contributed by atoms with Crippen molar-refractivity contribution in [3.05, 3.63) is 72.3 Å². The second kappa shape index (κ2) is 14.4. The zero-order chi connectivity index (χ0) is 35.3. The van der Waals surface area contributed by atoms with Gasteiger partial charge in [-0.05, 0) is 90.3 Å². The molecule has 258 valence electrons. The van der Waals surface area contributed by atoms with Gasteiger partial charge in [0.05, 0.1) is 22.9 Å². The van der Waals surface area contributed by atoms with Crippen LogP contribution in [0.1, 0.15) is 59.9 Å². The number of ether oxygens (including phenoxy) is 1. The molecule has 0 aliphatic heterocycles. The molecule has 0 radical (unpaired) electrons. The summed E-state index contributed by atoms with van der Waals surface area (Å²) in [5.74, 6) is -2.02. The summed E-state index contributed by atoms with van der Waals surface area (Å²) in [5, 5.41) is 0. The highest BCUT2D eigenvalue weighted by molar-refractivity contribution is 7.93. The highest BCUT2D eigenvalue weighted by Gasteiger charge is 2.38. The smallest absolute Gasteiger partial charge is 0.472 e. The van der Waals surface area contributed by atoms with Crippen LogP contribution in [0.2, 0.25) is 0 Å². The predicted octanol–water partition coefficient (Wildman–Crippen LogP) is 7.09. The molecule has 15 heteroatoms. The Morgan fingerprint density at radius 3 is 2.00 bits per heavy atom. The maximum Gasteiger partial charge on any atom is 0.472 e. The molecule has 0 fully saturated rings. The van der Waals surface area contributed by atoms with Crippen molar-refractivity contribution in [1.82, 2.24) is 5.43 Å². The molecule has 0 aromatic heterocycles. The van der Waals surface area contributed by atoms with Crippen LogP contribution in [0.15, 0.2) is 76.5 Å². The number of benzene rings is 3. The van der Waals surface area contributed by atoms with Crippen LogP contribution in [-0.2, 0) is 31.3 Å². The molecule has 0 heterocycles. The van der Waals surface area contributed by atoms with Gasteiger partial charge in [0.25, 0.3) is 20.0 Å². The molecule has 0 bridgehead atoms. The number of amides is 1. The van der Waals surface area contributed by atoms with Gasteiger partial charge in [0.2, 0.25) is 0 Å². The average Bonchev–Trinajstić information content (AvgIpc) is 2.93. The fraction of sp³-hybridized carbons (Fsp3) is 0.406. The van der Waals surface area contributed by atoms with Crippen molar-refractivity contribution >= 4 is 43.0 Å². The third-order valence-corrected chi connectivity index (χ3v) is 9.34. The third kappa shape index (κ3) is 11.3. The number of rotatable bonds is 14. The summed E-state index contributed by atoms with van der Waals surface area (Å²) < 4.78 is 101. The number of hydrogen-bond acceptors (Lipinski definition) is 7. The van der Waals surface area contributed by atoms with Gasteiger partial charge < -0.3 is 4.74 Å².